The molecule has 2 heterocycles. The maximum Gasteiger partial charge on any atom is 0.422 e. The Morgan fingerprint density at radius 2 is 2.00 bits per heavy atom. The lowest BCUT2D eigenvalue weighted by Crippen LogP contribution is -2.27. The van der Waals surface area contributed by atoms with Crippen LogP contribution in [0.25, 0.3) is 0 Å². The van der Waals surface area contributed by atoms with E-state index in [1.807, 2.05) is 0 Å². The maximum atomic E-state index is 12.7. The van der Waals surface area contributed by atoms with Crippen LogP contribution in [0.4, 0.5) is 13.2 Å². The summed E-state index contributed by atoms with van der Waals surface area (Å²) in [6.07, 6.45) is -1.20. The standard InChI is InChI=1S/C21H21ClF3N3O3/c1-11-5-14(6-16(27-11)8-18(29)13-3-4-13)19(30)28-12(2)15-7-17(22)20(26-9-15)31-10-21(23,24)25/h5-7,9,12-13H,3-4,8,10H2,1-2H3,(H,28,30). The van der Waals surface area contributed by atoms with Gasteiger partial charge < -0.3 is 10.1 Å². The van der Waals surface area contributed by atoms with Crippen molar-refractivity contribution in [3.8, 4) is 5.88 Å². The van der Waals surface area contributed by atoms with Gasteiger partial charge in [0.05, 0.1) is 6.04 Å². The van der Waals surface area contributed by atoms with Crippen molar-refractivity contribution >= 4 is 23.3 Å². The maximum absolute atomic E-state index is 12.7. The predicted octanol–water partition coefficient (Wildman–Crippen LogP) is 4.39. The number of amides is 1. The molecule has 0 aliphatic heterocycles. The van der Waals surface area contributed by atoms with E-state index in [1.54, 1.807) is 26.0 Å². The summed E-state index contributed by atoms with van der Waals surface area (Å²) in [6.45, 7) is 1.93. The van der Waals surface area contributed by atoms with Crippen molar-refractivity contribution in [2.24, 2.45) is 5.92 Å². The number of alkyl halides is 3. The Balaban J connectivity index is 1.66. The highest BCUT2D eigenvalue weighted by atomic mass is 35.5. The van der Waals surface area contributed by atoms with Gasteiger partial charge in [0.1, 0.15) is 10.8 Å². The highest BCUT2D eigenvalue weighted by Crippen LogP contribution is 2.31. The van der Waals surface area contributed by atoms with Crippen molar-refractivity contribution in [2.45, 2.75) is 45.3 Å². The van der Waals surface area contributed by atoms with Crippen molar-refractivity contribution in [3.63, 3.8) is 0 Å². The number of ether oxygens (including phenoxy) is 1. The Morgan fingerprint density at radius 1 is 1.29 bits per heavy atom. The molecule has 1 atom stereocenters. The monoisotopic (exact) mass is 455 g/mol. The number of carbonyl (C=O) groups excluding carboxylic acids is 2. The van der Waals surface area contributed by atoms with Crippen LogP contribution in [0.3, 0.4) is 0 Å². The molecule has 10 heteroatoms. The number of ketones is 1. The molecule has 1 unspecified atom stereocenters. The van der Waals surface area contributed by atoms with Crippen LogP contribution in [0.5, 0.6) is 5.88 Å². The second-order valence-corrected chi connectivity index (χ2v) is 7.97. The van der Waals surface area contributed by atoms with E-state index < -0.39 is 18.8 Å². The molecule has 2 aromatic rings. The Hall–Kier alpha value is -2.68. The number of rotatable bonds is 8. The number of nitrogens with zero attached hydrogens (tertiary/aromatic N) is 2. The minimum atomic E-state index is -4.50. The van der Waals surface area contributed by atoms with Crippen molar-refractivity contribution < 1.29 is 27.5 Å². The summed E-state index contributed by atoms with van der Waals surface area (Å²) in [6, 6.07) is 4.07. The average Bonchev–Trinajstić information content (AvgIpc) is 3.51. The number of aryl methyl sites for hydroxylation is 1. The molecular weight excluding hydrogens is 435 g/mol. The van der Waals surface area contributed by atoms with Crippen molar-refractivity contribution in [1.29, 1.82) is 0 Å². The first-order valence-electron chi connectivity index (χ1n) is 9.68. The van der Waals surface area contributed by atoms with Crippen LogP contribution in [0.15, 0.2) is 24.4 Å². The predicted molar refractivity (Wildman–Crippen MR) is 107 cm³/mol. The first-order chi connectivity index (χ1) is 14.5. The van der Waals surface area contributed by atoms with Crippen LogP contribution in [-0.4, -0.2) is 34.4 Å². The molecule has 1 aliphatic rings. The number of hydrogen-bond donors (Lipinski definition) is 1. The minimum absolute atomic E-state index is 0.0940. The first kappa shape index (κ1) is 23.0. The fraction of sp³-hybridized carbons (Fsp3) is 0.429. The summed E-state index contributed by atoms with van der Waals surface area (Å²) in [4.78, 5) is 32.9. The number of halogens is 4. The Kier molecular flexibility index (Phi) is 6.83. The highest BCUT2D eigenvalue weighted by Gasteiger charge is 2.30. The van der Waals surface area contributed by atoms with Gasteiger partial charge >= 0.3 is 6.18 Å². The van der Waals surface area contributed by atoms with Crippen LogP contribution < -0.4 is 10.1 Å². The fourth-order valence-electron chi connectivity index (χ4n) is 2.98. The molecular formula is C21H21ClF3N3O3. The number of aromatic nitrogens is 2. The molecule has 1 N–H and O–H groups in total. The lowest BCUT2D eigenvalue weighted by Gasteiger charge is -2.16. The van der Waals surface area contributed by atoms with Gasteiger partial charge in [0.25, 0.3) is 5.91 Å². The molecule has 0 spiro atoms. The summed E-state index contributed by atoms with van der Waals surface area (Å²) in [7, 11) is 0. The van der Waals surface area contributed by atoms with Crippen molar-refractivity contribution in [2.75, 3.05) is 6.61 Å². The van der Waals surface area contributed by atoms with Gasteiger partial charge in [0.2, 0.25) is 5.88 Å². The quantitative estimate of drug-likeness (QED) is 0.638. The van der Waals surface area contributed by atoms with E-state index in [0.717, 1.165) is 12.8 Å². The molecule has 6 nitrogen and oxygen atoms in total. The third-order valence-corrected chi connectivity index (χ3v) is 4.98. The van der Waals surface area contributed by atoms with Gasteiger partial charge in [-0.15, -0.1) is 0 Å². The molecule has 0 aromatic carbocycles. The van der Waals surface area contributed by atoms with Crippen LogP contribution >= 0.6 is 11.6 Å². The number of pyridine rings is 2. The summed E-state index contributed by atoms with van der Waals surface area (Å²) < 4.78 is 41.4. The van der Waals surface area contributed by atoms with E-state index in [0.29, 0.717) is 22.5 Å². The minimum Gasteiger partial charge on any atom is -0.467 e. The third kappa shape index (κ3) is 6.65. The topological polar surface area (TPSA) is 81.2 Å². The van der Waals surface area contributed by atoms with E-state index >= 15 is 0 Å². The lowest BCUT2D eigenvalue weighted by molar-refractivity contribution is -0.154. The van der Waals surface area contributed by atoms with Gasteiger partial charge in [0, 0.05) is 35.5 Å². The zero-order chi connectivity index (χ0) is 22.8. The second-order valence-electron chi connectivity index (χ2n) is 7.56. The van der Waals surface area contributed by atoms with E-state index in [1.165, 1.54) is 12.3 Å². The molecule has 3 rings (SSSR count). The Morgan fingerprint density at radius 3 is 2.61 bits per heavy atom. The fourth-order valence-corrected chi connectivity index (χ4v) is 3.21. The number of carbonyl (C=O) groups is 2. The molecule has 2 aromatic heterocycles. The number of nitrogens with one attached hydrogen (secondary N) is 1. The lowest BCUT2D eigenvalue weighted by atomic mass is 10.1. The van der Waals surface area contributed by atoms with E-state index in [4.69, 9.17) is 11.6 Å². The van der Waals surface area contributed by atoms with Crippen molar-refractivity contribution in [3.05, 3.63) is 51.9 Å². The third-order valence-electron chi connectivity index (χ3n) is 4.71. The van der Waals surface area contributed by atoms with Gasteiger partial charge in [-0.05, 0) is 50.5 Å². The highest BCUT2D eigenvalue weighted by molar-refractivity contribution is 6.31. The molecule has 1 saturated carbocycles. The average molecular weight is 456 g/mol. The molecule has 166 valence electrons. The van der Waals surface area contributed by atoms with Gasteiger partial charge in [0.15, 0.2) is 6.61 Å². The molecule has 0 bridgehead atoms. The van der Waals surface area contributed by atoms with Crippen molar-refractivity contribution in [1.82, 2.24) is 15.3 Å². The number of Topliss-reactive ketones (excluding diaryl/α,β-unsaturated/α-hetero) is 1. The SMILES string of the molecule is Cc1cc(C(=O)NC(C)c2cnc(OCC(F)(F)F)c(Cl)c2)cc(CC(=O)C2CC2)n1. The Labute approximate surface area is 182 Å². The summed E-state index contributed by atoms with van der Waals surface area (Å²) >= 11 is 5.97. The van der Waals surface area contributed by atoms with Crippen LogP contribution in [0.1, 0.15) is 53.1 Å². The summed E-state index contributed by atoms with van der Waals surface area (Å²) in [5.74, 6) is -0.478. The molecule has 1 fully saturated rings. The van der Waals surface area contributed by atoms with Gasteiger partial charge in [-0.2, -0.15) is 13.2 Å². The first-order valence-corrected chi connectivity index (χ1v) is 10.1. The molecule has 0 saturated heterocycles. The van der Waals surface area contributed by atoms with Gasteiger partial charge in [-0.25, -0.2) is 4.98 Å². The Bertz CT molecular complexity index is 994. The van der Waals surface area contributed by atoms with Gasteiger partial charge in [-0.3, -0.25) is 14.6 Å². The molecule has 31 heavy (non-hydrogen) atoms. The molecule has 1 amide bonds. The zero-order valence-corrected chi connectivity index (χ0v) is 17.7. The molecule has 0 radical (unpaired) electrons. The summed E-state index contributed by atoms with van der Waals surface area (Å²) in [5.41, 5.74) is 2.02. The second kappa shape index (κ2) is 9.21. The van der Waals surface area contributed by atoms with E-state index in [9.17, 15) is 22.8 Å². The van der Waals surface area contributed by atoms with Gasteiger partial charge in [-0.1, -0.05) is 11.6 Å². The van der Waals surface area contributed by atoms with Crippen LogP contribution in [-0.2, 0) is 11.2 Å². The smallest absolute Gasteiger partial charge is 0.422 e. The van der Waals surface area contributed by atoms with Crippen LogP contribution in [0.2, 0.25) is 5.02 Å². The zero-order valence-electron chi connectivity index (χ0n) is 16.9. The normalized spacial score (nSPS) is 14.8. The van der Waals surface area contributed by atoms with Crippen LogP contribution in [0, 0.1) is 12.8 Å². The number of hydrogen-bond acceptors (Lipinski definition) is 5. The van der Waals surface area contributed by atoms with E-state index in [-0.39, 0.29) is 34.9 Å². The van der Waals surface area contributed by atoms with E-state index in [2.05, 4.69) is 20.0 Å². The summed E-state index contributed by atoms with van der Waals surface area (Å²) in [5, 5.41) is 2.69. The molecule has 1 aliphatic carbocycles. The largest absolute Gasteiger partial charge is 0.467 e.